The molecule has 1 amide bonds. The average molecular weight is 386 g/mol. The second-order valence-electron chi connectivity index (χ2n) is 5.45. The molecule has 1 aliphatic heterocycles. The lowest BCUT2D eigenvalue weighted by Crippen LogP contribution is -2.39. The molecule has 0 aromatic heterocycles. The van der Waals surface area contributed by atoms with Crippen LogP contribution >= 0.6 is 22.6 Å². The maximum Gasteiger partial charge on any atom is 0.253 e. The summed E-state index contributed by atoms with van der Waals surface area (Å²) in [6.07, 6.45) is 3.38. The molecule has 1 aromatic rings. The number of hydrogen-bond acceptors (Lipinski definition) is 2. The molecule has 1 saturated heterocycles. The molecule has 20 heavy (non-hydrogen) atoms. The van der Waals surface area contributed by atoms with Crippen molar-refractivity contribution in [3.05, 3.63) is 33.4 Å². The number of nitrogens with one attached hydrogen (secondary N) is 1. The van der Waals surface area contributed by atoms with E-state index in [1.165, 1.54) is 16.4 Å². The Bertz CT molecular complexity index is 427. The van der Waals surface area contributed by atoms with Crippen molar-refractivity contribution in [2.45, 2.75) is 26.2 Å². The smallest absolute Gasteiger partial charge is 0.253 e. The molecule has 1 aromatic carbocycles. The van der Waals surface area contributed by atoms with Gasteiger partial charge >= 0.3 is 0 Å². The van der Waals surface area contributed by atoms with Crippen molar-refractivity contribution >= 4 is 28.5 Å². The molecule has 0 unspecified atom stereocenters. The minimum Gasteiger partial charge on any atom is -0.338 e. The monoisotopic (exact) mass is 386 g/mol. The molecule has 3 nitrogen and oxygen atoms in total. The van der Waals surface area contributed by atoms with Crippen LogP contribution in [-0.4, -0.2) is 37.0 Å². The molecule has 1 N–H and O–H groups in total. The Balaban J connectivity index is 2.02. The Morgan fingerprint density at radius 3 is 2.55 bits per heavy atom. The van der Waals surface area contributed by atoms with E-state index in [2.05, 4.69) is 34.8 Å². The van der Waals surface area contributed by atoms with Gasteiger partial charge in [-0.2, -0.15) is 0 Å². The predicted octanol–water partition coefficient (Wildman–Crippen LogP) is 3.14. The summed E-state index contributed by atoms with van der Waals surface area (Å²) in [6, 6.07) is 7.88. The summed E-state index contributed by atoms with van der Waals surface area (Å²) < 4.78 is 1.17. The predicted molar refractivity (Wildman–Crippen MR) is 90.9 cm³/mol. The maximum absolute atomic E-state index is 12.6. The van der Waals surface area contributed by atoms with Gasteiger partial charge in [0.2, 0.25) is 0 Å². The molecule has 0 saturated carbocycles. The van der Waals surface area contributed by atoms with Crippen LogP contribution in [0.2, 0.25) is 0 Å². The Morgan fingerprint density at radius 1 is 1.30 bits per heavy atom. The number of carbonyl (C=O) groups is 1. The molecule has 1 fully saturated rings. The van der Waals surface area contributed by atoms with Gasteiger partial charge in [0.15, 0.2) is 0 Å². The van der Waals surface area contributed by atoms with E-state index in [-0.39, 0.29) is 5.91 Å². The molecule has 0 atom stereocenters. The van der Waals surface area contributed by atoms with Crippen LogP contribution in [0.25, 0.3) is 0 Å². The van der Waals surface area contributed by atoms with Gasteiger partial charge in [-0.15, -0.1) is 0 Å². The van der Waals surface area contributed by atoms with Crippen molar-refractivity contribution in [2.24, 2.45) is 5.92 Å². The number of carbonyl (C=O) groups excluding carboxylic acids is 1. The number of piperidine rings is 1. The van der Waals surface area contributed by atoms with Gasteiger partial charge in [0.1, 0.15) is 0 Å². The van der Waals surface area contributed by atoms with Crippen molar-refractivity contribution in [1.82, 2.24) is 10.2 Å². The van der Waals surface area contributed by atoms with Crippen LogP contribution in [0.15, 0.2) is 24.3 Å². The number of benzene rings is 1. The van der Waals surface area contributed by atoms with Crippen LogP contribution in [0.1, 0.15) is 36.5 Å². The number of nitrogens with zero attached hydrogens (tertiary/aromatic N) is 1. The Hall–Kier alpha value is -0.620. The van der Waals surface area contributed by atoms with E-state index < -0.39 is 0 Å². The molecule has 1 heterocycles. The lowest BCUT2D eigenvalue weighted by atomic mass is 9.97. The van der Waals surface area contributed by atoms with Crippen molar-refractivity contribution in [3.63, 3.8) is 0 Å². The second-order valence-corrected chi connectivity index (χ2v) is 6.70. The molecular weight excluding hydrogens is 363 g/mol. The Kier molecular flexibility index (Phi) is 6.29. The van der Waals surface area contributed by atoms with Crippen molar-refractivity contribution in [1.29, 1.82) is 0 Å². The fraction of sp³-hybridized carbons (Fsp3) is 0.562. The maximum atomic E-state index is 12.6. The summed E-state index contributed by atoms with van der Waals surface area (Å²) in [7, 11) is 0. The topological polar surface area (TPSA) is 32.3 Å². The van der Waals surface area contributed by atoms with E-state index in [9.17, 15) is 4.79 Å². The molecule has 0 aliphatic carbocycles. The van der Waals surface area contributed by atoms with Crippen molar-refractivity contribution in [2.75, 3.05) is 26.2 Å². The van der Waals surface area contributed by atoms with E-state index >= 15 is 0 Å². The van der Waals surface area contributed by atoms with E-state index in [0.717, 1.165) is 38.2 Å². The van der Waals surface area contributed by atoms with Crippen LogP contribution in [0.3, 0.4) is 0 Å². The van der Waals surface area contributed by atoms with Crippen LogP contribution in [-0.2, 0) is 0 Å². The van der Waals surface area contributed by atoms with Crippen LogP contribution < -0.4 is 5.32 Å². The van der Waals surface area contributed by atoms with Gasteiger partial charge in [-0.1, -0.05) is 6.92 Å². The highest BCUT2D eigenvalue weighted by Crippen LogP contribution is 2.16. The van der Waals surface area contributed by atoms with E-state index in [1.54, 1.807) is 0 Å². The SMILES string of the molecule is CCCN(CC1CCNCC1)C(=O)c1ccc(I)cc1. The molecule has 2 rings (SSSR count). The summed E-state index contributed by atoms with van der Waals surface area (Å²) >= 11 is 2.27. The zero-order valence-corrected chi connectivity index (χ0v) is 14.2. The highest BCUT2D eigenvalue weighted by atomic mass is 127. The van der Waals surface area contributed by atoms with Crippen LogP contribution in [0, 0.1) is 9.49 Å². The number of amides is 1. The molecule has 0 bridgehead atoms. The first kappa shape index (κ1) is 15.8. The standard InChI is InChI=1S/C16H23IN2O/c1-2-11-19(12-13-7-9-18-10-8-13)16(20)14-3-5-15(17)6-4-14/h3-6,13,18H,2,7-12H2,1H3. The highest BCUT2D eigenvalue weighted by Gasteiger charge is 2.21. The van der Waals surface area contributed by atoms with Crippen molar-refractivity contribution in [3.8, 4) is 0 Å². The minimum absolute atomic E-state index is 0.182. The fourth-order valence-electron chi connectivity index (χ4n) is 2.70. The summed E-state index contributed by atoms with van der Waals surface area (Å²) in [5.74, 6) is 0.831. The first-order valence-corrected chi connectivity index (χ1v) is 8.54. The summed E-state index contributed by atoms with van der Waals surface area (Å²) in [5, 5.41) is 3.38. The number of halogens is 1. The summed E-state index contributed by atoms with van der Waals surface area (Å²) in [4.78, 5) is 14.7. The van der Waals surface area contributed by atoms with E-state index in [1.807, 2.05) is 29.2 Å². The fourth-order valence-corrected chi connectivity index (χ4v) is 3.06. The lowest BCUT2D eigenvalue weighted by Gasteiger charge is -2.30. The van der Waals surface area contributed by atoms with Gasteiger partial charge in [-0.25, -0.2) is 0 Å². The third-order valence-electron chi connectivity index (χ3n) is 3.81. The number of hydrogen-bond donors (Lipinski definition) is 1. The number of rotatable bonds is 5. The van der Waals surface area contributed by atoms with Crippen LogP contribution in [0.4, 0.5) is 0 Å². The van der Waals surface area contributed by atoms with Crippen LogP contribution in [0.5, 0.6) is 0 Å². The molecule has 0 spiro atoms. The third kappa shape index (κ3) is 4.45. The van der Waals surface area contributed by atoms with Gasteiger partial charge < -0.3 is 10.2 Å². The quantitative estimate of drug-likeness (QED) is 0.789. The first-order valence-electron chi connectivity index (χ1n) is 7.46. The highest BCUT2D eigenvalue weighted by molar-refractivity contribution is 14.1. The van der Waals surface area contributed by atoms with Gasteiger partial charge in [0, 0.05) is 22.2 Å². The van der Waals surface area contributed by atoms with Gasteiger partial charge in [0.25, 0.3) is 5.91 Å². The second kappa shape index (κ2) is 7.98. The summed E-state index contributed by atoms with van der Waals surface area (Å²) in [5.41, 5.74) is 0.813. The normalized spacial score (nSPS) is 16.1. The largest absolute Gasteiger partial charge is 0.338 e. The van der Waals surface area contributed by atoms with Gasteiger partial charge in [-0.3, -0.25) is 4.79 Å². The molecular formula is C16H23IN2O. The summed E-state index contributed by atoms with van der Waals surface area (Å²) in [6.45, 7) is 6.07. The third-order valence-corrected chi connectivity index (χ3v) is 4.53. The lowest BCUT2D eigenvalue weighted by molar-refractivity contribution is 0.0716. The molecule has 110 valence electrons. The van der Waals surface area contributed by atoms with E-state index in [4.69, 9.17) is 0 Å². The van der Waals surface area contributed by atoms with Crippen molar-refractivity contribution < 1.29 is 4.79 Å². The first-order chi connectivity index (χ1) is 9.70. The Labute approximate surface area is 135 Å². The Morgan fingerprint density at radius 2 is 1.95 bits per heavy atom. The minimum atomic E-state index is 0.182. The molecule has 4 heteroatoms. The zero-order chi connectivity index (χ0) is 14.4. The van der Waals surface area contributed by atoms with Gasteiger partial charge in [-0.05, 0) is 85.1 Å². The average Bonchev–Trinajstić information content (AvgIpc) is 2.48. The van der Waals surface area contributed by atoms with E-state index in [0.29, 0.717) is 5.92 Å². The molecule has 0 radical (unpaired) electrons. The van der Waals surface area contributed by atoms with Gasteiger partial charge in [0.05, 0.1) is 0 Å². The zero-order valence-electron chi connectivity index (χ0n) is 12.1. The molecule has 1 aliphatic rings.